The molecule has 0 saturated carbocycles. The van der Waals surface area contributed by atoms with Crippen LogP contribution in [0.2, 0.25) is 0 Å². The molecule has 124 valence electrons. The van der Waals surface area contributed by atoms with E-state index < -0.39 is 5.60 Å². The minimum atomic E-state index is -0.841. The molecule has 0 unspecified atom stereocenters. The van der Waals surface area contributed by atoms with Crippen molar-refractivity contribution in [2.75, 3.05) is 0 Å². The number of rotatable bonds is 5. The third-order valence-corrected chi connectivity index (χ3v) is 4.11. The van der Waals surface area contributed by atoms with Crippen molar-refractivity contribution in [3.05, 3.63) is 46.4 Å². The summed E-state index contributed by atoms with van der Waals surface area (Å²) in [5.41, 5.74) is 2.57. The molecule has 2 rings (SSSR count). The molecule has 1 heterocycles. The number of hydrogen-bond donors (Lipinski definition) is 3. The van der Waals surface area contributed by atoms with Crippen LogP contribution < -0.4 is 0 Å². The number of furan rings is 1. The van der Waals surface area contributed by atoms with Crippen LogP contribution in [0.25, 0.3) is 12.2 Å². The lowest BCUT2D eigenvalue weighted by molar-refractivity contribution is 0.0712. The Morgan fingerprint density at radius 3 is 2.30 bits per heavy atom. The summed E-state index contributed by atoms with van der Waals surface area (Å²) in [7, 11) is 0. The summed E-state index contributed by atoms with van der Waals surface area (Å²) in [6, 6.07) is 1.81. The Kier molecular flexibility index (Phi) is 4.85. The Hall–Kier alpha value is -2.20. The monoisotopic (exact) mass is 316 g/mol. The van der Waals surface area contributed by atoms with Gasteiger partial charge in [-0.1, -0.05) is 12.2 Å². The maximum atomic E-state index is 10.5. The zero-order chi connectivity index (χ0) is 17.2. The molecule has 0 saturated heterocycles. The molecule has 0 amide bonds. The van der Waals surface area contributed by atoms with Gasteiger partial charge in [0.05, 0.1) is 18.1 Å². The second kappa shape index (κ2) is 6.50. The molecule has 0 spiro atoms. The van der Waals surface area contributed by atoms with Crippen LogP contribution in [0.5, 0.6) is 11.5 Å². The Morgan fingerprint density at radius 2 is 1.74 bits per heavy atom. The number of aromatic hydroxyl groups is 2. The first-order valence-corrected chi connectivity index (χ1v) is 7.67. The zero-order valence-electron chi connectivity index (χ0n) is 14.1. The van der Waals surface area contributed by atoms with E-state index in [0.29, 0.717) is 35.1 Å². The van der Waals surface area contributed by atoms with Crippen molar-refractivity contribution in [2.45, 2.75) is 46.1 Å². The van der Waals surface area contributed by atoms with Crippen molar-refractivity contribution in [1.29, 1.82) is 0 Å². The lowest BCUT2D eigenvalue weighted by Crippen LogP contribution is -2.19. The van der Waals surface area contributed by atoms with Gasteiger partial charge in [-0.15, -0.1) is 0 Å². The van der Waals surface area contributed by atoms with Gasteiger partial charge < -0.3 is 19.7 Å². The quantitative estimate of drug-likeness (QED) is 0.723. The first kappa shape index (κ1) is 17.2. The van der Waals surface area contributed by atoms with Crippen molar-refractivity contribution in [3.63, 3.8) is 0 Å². The second-order valence-corrected chi connectivity index (χ2v) is 6.54. The molecule has 2 aromatic rings. The zero-order valence-corrected chi connectivity index (χ0v) is 14.1. The molecular formula is C19H24O4. The Morgan fingerprint density at radius 1 is 1.09 bits per heavy atom. The molecular weight excluding hydrogens is 292 g/mol. The highest BCUT2D eigenvalue weighted by Gasteiger charge is 2.20. The normalized spacial score (nSPS) is 12.2. The van der Waals surface area contributed by atoms with E-state index >= 15 is 0 Å². The Bertz CT molecular complexity index is 704. The minimum absolute atomic E-state index is 0.158. The number of phenols is 2. The first-order chi connectivity index (χ1) is 10.7. The van der Waals surface area contributed by atoms with Crippen LogP contribution in [-0.4, -0.2) is 20.9 Å². The molecule has 0 aliphatic rings. The lowest BCUT2D eigenvalue weighted by Gasteiger charge is -2.20. The molecule has 0 aliphatic carbocycles. The van der Waals surface area contributed by atoms with E-state index in [0.717, 1.165) is 5.56 Å². The van der Waals surface area contributed by atoms with Crippen LogP contribution in [0.1, 0.15) is 48.1 Å². The SMILES string of the molecule is Cc1c(C)c(O)c(CCC(C)(C)O)c(C=Cc2ccoc2)c1O. The van der Waals surface area contributed by atoms with Gasteiger partial charge in [-0.05, 0) is 57.7 Å². The molecule has 0 bridgehead atoms. The Labute approximate surface area is 136 Å². The van der Waals surface area contributed by atoms with Gasteiger partial charge >= 0.3 is 0 Å². The summed E-state index contributed by atoms with van der Waals surface area (Å²) in [5, 5.41) is 30.9. The van der Waals surface area contributed by atoms with E-state index in [9.17, 15) is 15.3 Å². The van der Waals surface area contributed by atoms with Gasteiger partial charge in [0.25, 0.3) is 0 Å². The van der Waals surface area contributed by atoms with Crippen LogP contribution >= 0.6 is 0 Å². The number of benzene rings is 1. The maximum absolute atomic E-state index is 10.5. The summed E-state index contributed by atoms with van der Waals surface area (Å²) >= 11 is 0. The standard InChI is InChI=1S/C19H24O4/c1-12-13(2)18(21)16(7-9-19(3,4)22)15(17(12)20)6-5-14-8-10-23-11-14/h5-6,8,10-11,20-22H,7,9H2,1-4H3. The molecule has 4 heteroatoms. The average molecular weight is 316 g/mol. The van der Waals surface area contributed by atoms with E-state index in [1.54, 1.807) is 46.3 Å². The molecule has 0 fully saturated rings. The van der Waals surface area contributed by atoms with Crippen molar-refractivity contribution >= 4 is 12.2 Å². The van der Waals surface area contributed by atoms with Crippen LogP contribution in [0.15, 0.2) is 23.0 Å². The highest BCUT2D eigenvalue weighted by Crippen LogP contribution is 2.39. The summed E-state index contributed by atoms with van der Waals surface area (Å²) in [6.07, 6.45) is 7.72. The van der Waals surface area contributed by atoms with Gasteiger partial charge in [0, 0.05) is 16.7 Å². The van der Waals surface area contributed by atoms with E-state index in [1.165, 1.54) is 0 Å². The van der Waals surface area contributed by atoms with Gasteiger partial charge in [-0.25, -0.2) is 0 Å². The smallest absolute Gasteiger partial charge is 0.126 e. The van der Waals surface area contributed by atoms with Crippen molar-refractivity contribution < 1.29 is 19.7 Å². The molecule has 3 N–H and O–H groups in total. The topological polar surface area (TPSA) is 73.8 Å². The van der Waals surface area contributed by atoms with E-state index in [1.807, 2.05) is 12.1 Å². The number of aliphatic hydroxyl groups is 1. The third kappa shape index (κ3) is 3.96. The molecule has 4 nitrogen and oxygen atoms in total. The van der Waals surface area contributed by atoms with Crippen LogP contribution in [0.3, 0.4) is 0 Å². The van der Waals surface area contributed by atoms with Gasteiger partial charge in [-0.3, -0.25) is 0 Å². The predicted octanol–water partition coefficient (Wildman–Crippen LogP) is 4.18. The van der Waals surface area contributed by atoms with Crippen molar-refractivity contribution in [1.82, 2.24) is 0 Å². The summed E-state index contributed by atoms with van der Waals surface area (Å²) in [6.45, 7) is 7.01. The fourth-order valence-corrected chi connectivity index (χ4v) is 2.47. The van der Waals surface area contributed by atoms with Gasteiger partial charge in [0.2, 0.25) is 0 Å². The summed E-state index contributed by atoms with van der Waals surface area (Å²) in [5.74, 6) is 0.335. The van der Waals surface area contributed by atoms with E-state index in [2.05, 4.69) is 0 Å². The van der Waals surface area contributed by atoms with Crippen LogP contribution in [-0.2, 0) is 6.42 Å². The molecule has 0 atom stereocenters. The molecule has 23 heavy (non-hydrogen) atoms. The third-order valence-electron chi connectivity index (χ3n) is 4.11. The fraction of sp³-hybridized carbons (Fsp3) is 0.368. The number of phenolic OH excluding ortho intramolecular Hbond substituents is 2. The van der Waals surface area contributed by atoms with E-state index in [-0.39, 0.29) is 11.5 Å². The van der Waals surface area contributed by atoms with Crippen LogP contribution in [0, 0.1) is 13.8 Å². The minimum Gasteiger partial charge on any atom is -0.507 e. The largest absolute Gasteiger partial charge is 0.507 e. The second-order valence-electron chi connectivity index (χ2n) is 6.54. The van der Waals surface area contributed by atoms with Gasteiger partial charge in [0.15, 0.2) is 0 Å². The molecule has 0 radical (unpaired) electrons. The summed E-state index contributed by atoms with van der Waals surface area (Å²) < 4.78 is 5.03. The molecule has 1 aromatic heterocycles. The highest BCUT2D eigenvalue weighted by atomic mass is 16.3. The molecule has 0 aliphatic heterocycles. The highest BCUT2D eigenvalue weighted by molar-refractivity contribution is 5.77. The lowest BCUT2D eigenvalue weighted by atomic mass is 9.90. The number of hydrogen-bond acceptors (Lipinski definition) is 4. The van der Waals surface area contributed by atoms with Gasteiger partial charge in [-0.2, -0.15) is 0 Å². The first-order valence-electron chi connectivity index (χ1n) is 7.67. The van der Waals surface area contributed by atoms with Crippen molar-refractivity contribution in [2.24, 2.45) is 0 Å². The average Bonchev–Trinajstić information content (AvgIpc) is 2.98. The molecule has 1 aromatic carbocycles. The Balaban J connectivity index is 2.49. The van der Waals surface area contributed by atoms with Gasteiger partial charge in [0.1, 0.15) is 11.5 Å². The maximum Gasteiger partial charge on any atom is 0.126 e. The fourth-order valence-electron chi connectivity index (χ4n) is 2.47. The summed E-state index contributed by atoms with van der Waals surface area (Å²) in [4.78, 5) is 0. The van der Waals surface area contributed by atoms with Crippen molar-refractivity contribution in [3.8, 4) is 11.5 Å². The predicted molar refractivity (Wildman–Crippen MR) is 91.5 cm³/mol. The van der Waals surface area contributed by atoms with E-state index in [4.69, 9.17) is 4.42 Å². The van der Waals surface area contributed by atoms with Crippen LogP contribution in [0.4, 0.5) is 0 Å².